The van der Waals surface area contributed by atoms with Crippen LogP contribution in [-0.4, -0.2) is 11.9 Å². The van der Waals surface area contributed by atoms with E-state index in [0.29, 0.717) is 0 Å². The number of carbonyl (C=O) groups excluding carboxylic acids is 1. The van der Waals surface area contributed by atoms with Crippen LogP contribution in [0.4, 0.5) is 0 Å². The first-order chi connectivity index (χ1) is 8.33. The normalized spacial score (nSPS) is 12.4. The zero-order chi connectivity index (χ0) is 12.1. The predicted octanol–water partition coefficient (Wildman–Crippen LogP) is 2.71. The molecule has 0 aliphatic rings. The van der Waals surface area contributed by atoms with Crippen molar-refractivity contribution in [1.82, 2.24) is 0 Å². The Morgan fingerprint density at radius 2 is 1.29 bits per heavy atom. The molecule has 0 saturated heterocycles. The molecule has 0 aromatic heterocycles. The monoisotopic (exact) mass is 242 g/mol. The van der Waals surface area contributed by atoms with Crippen LogP contribution in [0.25, 0.3) is 0 Å². The van der Waals surface area contributed by atoms with Gasteiger partial charge in [0.05, 0.1) is 0 Å². The molecule has 0 aliphatic carbocycles. The first-order valence-electron chi connectivity index (χ1n) is 5.67. The molecular formula is C15H15OP. The lowest BCUT2D eigenvalue weighted by Gasteiger charge is -2.21. The second-order valence-corrected chi connectivity index (χ2v) is 6.51. The highest BCUT2D eigenvalue weighted by molar-refractivity contribution is 7.74. The second-order valence-electron chi connectivity index (χ2n) is 3.92. The summed E-state index contributed by atoms with van der Waals surface area (Å²) in [6.45, 7) is 2.00. The molecule has 0 fully saturated rings. The van der Waals surface area contributed by atoms with Crippen molar-refractivity contribution in [3.05, 3.63) is 60.7 Å². The smallest absolute Gasteiger partial charge is 0.127 e. The molecule has 2 heteroatoms. The molecule has 1 unspecified atom stereocenters. The van der Waals surface area contributed by atoms with Gasteiger partial charge in [0, 0.05) is 5.66 Å². The lowest BCUT2D eigenvalue weighted by Crippen LogP contribution is -2.20. The van der Waals surface area contributed by atoms with Gasteiger partial charge in [-0.25, -0.2) is 0 Å². The van der Waals surface area contributed by atoms with Crippen LogP contribution in [0.5, 0.6) is 0 Å². The molecule has 1 atom stereocenters. The van der Waals surface area contributed by atoms with E-state index in [0.717, 1.165) is 6.29 Å². The highest BCUT2D eigenvalue weighted by atomic mass is 31.1. The molecule has 0 aliphatic heterocycles. The van der Waals surface area contributed by atoms with E-state index in [-0.39, 0.29) is 5.66 Å². The molecule has 2 rings (SSSR count). The van der Waals surface area contributed by atoms with Crippen LogP contribution in [0.3, 0.4) is 0 Å². The molecule has 2 aromatic rings. The maximum atomic E-state index is 11.1. The van der Waals surface area contributed by atoms with Gasteiger partial charge >= 0.3 is 0 Å². The van der Waals surface area contributed by atoms with E-state index in [1.165, 1.54) is 10.6 Å². The zero-order valence-electron chi connectivity index (χ0n) is 9.78. The summed E-state index contributed by atoms with van der Waals surface area (Å²) in [6, 6.07) is 20.6. The van der Waals surface area contributed by atoms with Gasteiger partial charge in [-0.3, -0.25) is 0 Å². The summed E-state index contributed by atoms with van der Waals surface area (Å²) in [7, 11) is -0.580. The van der Waals surface area contributed by atoms with Gasteiger partial charge in [-0.05, 0) is 18.5 Å². The third-order valence-electron chi connectivity index (χ3n) is 2.67. The van der Waals surface area contributed by atoms with Gasteiger partial charge in [0.25, 0.3) is 0 Å². The number of carbonyl (C=O) groups is 1. The third kappa shape index (κ3) is 2.81. The summed E-state index contributed by atoms with van der Waals surface area (Å²) < 4.78 is 0. The van der Waals surface area contributed by atoms with Crippen molar-refractivity contribution in [2.45, 2.75) is 12.6 Å². The highest BCUT2D eigenvalue weighted by Crippen LogP contribution is 2.37. The fourth-order valence-electron chi connectivity index (χ4n) is 1.86. The molecule has 0 amide bonds. The van der Waals surface area contributed by atoms with Gasteiger partial charge in [-0.2, -0.15) is 0 Å². The van der Waals surface area contributed by atoms with E-state index < -0.39 is 7.92 Å². The molecule has 17 heavy (non-hydrogen) atoms. The third-order valence-corrected chi connectivity index (χ3v) is 5.32. The van der Waals surface area contributed by atoms with Gasteiger partial charge in [0.1, 0.15) is 6.29 Å². The van der Waals surface area contributed by atoms with Crippen LogP contribution < -0.4 is 10.6 Å². The number of hydrogen-bond acceptors (Lipinski definition) is 1. The fraction of sp³-hybridized carbons (Fsp3) is 0.133. The Bertz CT molecular complexity index is 427. The van der Waals surface area contributed by atoms with Crippen molar-refractivity contribution in [2.24, 2.45) is 0 Å². The van der Waals surface area contributed by atoms with Gasteiger partial charge < -0.3 is 4.79 Å². The van der Waals surface area contributed by atoms with Gasteiger partial charge in [-0.15, -0.1) is 0 Å². The second kappa shape index (κ2) is 5.75. The van der Waals surface area contributed by atoms with Gasteiger partial charge in [-0.1, -0.05) is 67.6 Å². The molecule has 1 nitrogen and oxygen atoms in total. The average molecular weight is 242 g/mol. The molecule has 0 N–H and O–H groups in total. The summed E-state index contributed by atoms with van der Waals surface area (Å²) in [5.41, 5.74) is 0.0507. The van der Waals surface area contributed by atoms with Crippen LogP contribution >= 0.6 is 7.92 Å². The van der Waals surface area contributed by atoms with E-state index in [9.17, 15) is 4.79 Å². The van der Waals surface area contributed by atoms with Crippen molar-refractivity contribution in [2.75, 3.05) is 0 Å². The SMILES string of the molecule is CC(C=O)P(c1ccccc1)c1ccccc1. The lowest BCUT2D eigenvalue weighted by atomic mass is 10.4. The molecule has 0 radical (unpaired) electrons. The van der Waals surface area contributed by atoms with Crippen LogP contribution in [-0.2, 0) is 4.79 Å². The first-order valence-corrected chi connectivity index (χ1v) is 7.08. The highest BCUT2D eigenvalue weighted by Gasteiger charge is 2.19. The van der Waals surface area contributed by atoms with Crippen molar-refractivity contribution in [1.29, 1.82) is 0 Å². The van der Waals surface area contributed by atoms with Crippen LogP contribution in [0.1, 0.15) is 6.92 Å². The number of rotatable bonds is 4. The maximum absolute atomic E-state index is 11.1. The van der Waals surface area contributed by atoms with E-state index in [1.54, 1.807) is 0 Å². The molecule has 0 heterocycles. The van der Waals surface area contributed by atoms with E-state index >= 15 is 0 Å². The Morgan fingerprint density at radius 1 is 0.882 bits per heavy atom. The largest absolute Gasteiger partial charge is 0.303 e. The molecule has 0 bridgehead atoms. The Hall–Kier alpha value is -1.46. The quantitative estimate of drug-likeness (QED) is 0.595. The van der Waals surface area contributed by atoms with E-state index in [4.69, 9.17) is 0 Å². The first kappa shape index (κ1) is 12.0. The summed E-state index contributed by atoms with van der Waals surface area (Å²) in [5.74, 6) is 0. The molecule has 0 spiro atoms. The van der Waals surface area contributed by atoms with E-state index in [2.05, 4.69) is 24.3 Å². The number of hydrogen-bond donors (Lipinski definition) is 0. The van der Waals surface area contributed by atoms with Crippen molar-refractivity contribution in [3.8, 4) is 0 Å². The fourth-order valence-corrected chi connectivity index (χ4v) is 4.20. The Labute approximate surface area is 103 Å². The molecule has 2 aromatic carbocycles. The summed E-state index contributed by atoms with van der Waals surface area (Å²) in [4.78, 5) is 11.1. The predicted molar refractivity (Wildman–Crippen MR) is 74.6 cm³/mol. The Morgan fingerprint density at radius 3 is 1.65 bits per heavy atom. The lowest BCUT2D eigenvalue weighted by molar-refractivity contribution is -0.107. The molecule has 86 valence electrons. The molecular weight excluding hydrogens is 227 g/mol. The van der Waals surface area contributed by atoms with Crippen molar-refractivity contribution >= 4 is 24.8 Å². The zero-order valence-corrected chi connectivity index (χ0v) is 10.7. The maximum Gasteiger partial charge on any atom is 0.127 e. The van der Waals surface area contributed by atoms with Crippen molar-refractivity contribution in [3.63, 3.8) is 0 Å². The minimum Gasteiger partial charge on any atom is -0.303 e. The topological polar surface area (TPSA) is 17.1 Å². The minimum absolute atomic E-state index is 0.0507. The summed E-state index contributed by atoms with van der Waals surface area (Å²) in [5, 5.41) is 2.52. The molecule has 0 saturated carbocycles. The Kier molecular flexibility index (Phi) is 4.06. The Balaban J connectivity index is 2.43. The van der Waals surface area contributed by atoms with Crippen LogP contribution in [0.2, 0.25) is 0 Å². The van der Waals surface area contributed by atoms with Crippen LogP contribution in [0.15, 0.2) is 60.7 Å². The number of benzene rings is 2. The van der Waals surface area contributed by atoms with E-state index in [1.807, 2.05) is 43.3 Å². The van der Waals surface area contributed by atoms with Crippen LogP contribution in [0, 0.1) is 0 Å². The van der Waals surface area contributed by atoms with Crippen molar-refractivity contribution < 1.29 is 4.79 Å². The average Bonchev–Trinajstić information content (AvgIpc) is 2.41. The summed E-state index contributed by atoms with van der Waals surface area (Å²) in [6.07, 6.45) is 1.06. The van der Waals surface area contributed by atoms with Gasteiger partial charge in [0.15, 0.2) is 0 Å². The summed E-state index contributed by atoms with van der Waals surface area (Å²) >= 11 is 0. The van der Waals surface area contributed by atoms with Gasteiger partial charge in [0.2, 0.25) is 0 Å². The minimum atomic E-state index is -0.580. The number of aldehydes is 1. The standard InChI is InChI=1S/C15H15OP/c1-13(12-16)17(14-8-4-2-5-9-14)15-10-6-3-7-11-15/h2-13H,1H3.